The van der Waals surface area contributed by atoms with Gasteiger partial charge in [-0.1, -0.05) is 18.6 Å². The van der Waals surface area contributed by atoms with Crippen LogP contribution >= 0.6 is 0 Å². The molecule has 0 unspecified atom stereocenters. The standard InChI is InChI=1S/C24H34N4O2/c1-18-6-3-4-14-27(18)15-5-13-25-24(29)22-17-28-16-20(9-12-23(28)26-22)19-7-10-21(30-2)11-8-19/h7-8,10-11,17-18,20H,3-6,9,12-16H2,1-2H3,(H,25,29)/t18-,20-/m0/s1. The van der Waals surface area contributed by atoms with Crippen molar-refractivity contribution in [3.63, 3.8) is 0 Å². The summed E-state index contributed by atoms with van der Waals surface area (Å²) in [6.07, 6.45) is 8.81. The maximum atomic E-state index is 12.6. The van der Waals surface area contributed by atoms with E-state index in [-0.39, 0.29) is 5.91 Å². The Kier molecular flexibility index (Phi) is 6.72. The van der Waals surface area contributed by atoms with Crippen LogP contribution in [0, 0.1) is 0 Å². The molecule has 6 nitrogen and oxygen atoms in total. The number of methoxy groups -OCH3 is 1. The highest BCUT2D eigenvalue weighted by Gasteiger charge is 2.23. The summed E-state index contributed by atoms with van der Waals surface area (Å²) in [6.45, 7) is 6.14. The third kappa shape index (κ3) is 4.86. The molecule has 1 amide bonds. The molecule has 3 heterocycles. The first kappa shape index (κ1) is 20.9. The molecule has 2 aliphatic heterocycles. The second kappa shape index (κ2) is 9.65. The lowest BCUT2D eigenvalue weighted by Crippen LogP contribution is -2.39. The molecular weight excluding hydrogens is 376 g/mol. The molecule has 162 valence electrons. The van der Waals surface area contributed by atoms with Gasteiger partial charge in [-0.2, -0.15) is 0 Å². The molecule has 1 fully saturated rings. The van der Waals surface area contributed by atoms with E-state index >= 15 is 0 Å². The van der Waals surface area contributed by atoms with E-state index in [0.29, 0.717) is 24.2 Å². The fourth-order valence-electron chi connectivity index (χ4n) is 4.77. The van der Waals surface area contributed by atoms with E-state index in [0.717, 1.165) is 43.9 Å². The second-order valence-corrected chi connectivity index (χ2v) is 8.69. The fourth-order valence-corrected chi connectivity index (χ4v) is 4.77. The number of nitrogens with zero attached hydrogens (tertiary/aromatic N) is 3. The smallest absolute Gasteiger partial charge is 0.271 e. The number of rotatable bonds is 7. The fraction of sp³-hybridized carbons (Fsp3) is 0.583. The number of likely N-dealkylation sites (tertiary alicyclic amines) is 1. The third-order valence-electron chi connectivity index (χ3n) is 6.66. The highest BCUT2D eigenvalue weighted by Crippen LogP contribution is 2.30. The van der Waals surface area contributed by atoms with Gasteiger partial charge in [0.2, 0.25) is 0 Å². The minimum Gasteiger partial charge on any atom is -0.497 e. The van der Waals surface area contributed by atoms with E-state index in [1.54, 1.807) is 7.11 Å². The molecule has 0 bridgehead atoms. The van der Waals surface area contributed by atoms with Crippen molar-refractivity contribution in [1.29, 1.82) is 0 Å². The molecule has 4 rings (SSSR count). The number of aromatic nitrogens is 2. The Morgan fingerprint density at radius 3 is 2.83 bits per heavy atom. The zero-order chi connectivity index (χ0) is 20.9. The number of carbonyl (C=O) groups excluding carboxylic acids is 1. The minimum atomic E-state index is -0.0513. The molecule has 1 saturated heterocycles. The van der Waals surface area contributed by atoms with Gasteiger partial charge in [0.1, 0.15) is 17.3 Å². The summed E-state index contributed by atoms with van der Waals surface area (Å²) in [6, 6.07) is 8.99. The van der Waals surface area contributed by atoms with Gasteiger partial charge in [-0.25, -0.2) is 4.98 Å². The first-order valence-electron chi connectivity index (χ1n) is 11.4. The molecule has 0 spiro atoms. The van der Waals surface area contributed by atoms with E-state index in [2.05, 4.69) is 38.8 Å². The summed E-state index contributed by atoms with van der Waals surface area (Å²) >= 11 is 0. The van der Waals surface area contributed by atoms with E-state index < -0.39 is 0 Å². The van der Waals surface area contributed by atoms with Gasteiger partial charge in [0.05, 0.1) is 7.11 Å². The number of nitrogens with one attached hydrogen (secondary N) is 1. The zero-order valence-electron chi connectivity index (χ0n) is 18.3. The normalized spacial score (nSPS) is 21.8. The Bertz CT molecular complexity index is 845. The van der Waals surface area contributed by atoms with Crippen molar-refractivity contribution in [1.82, 2.24) is 19.8 Å². The monoisotopic (exact) mass is 410 g/mol. The second-order valence-electron chi connectivity index (χ2n) is 8.69. The number of ether oxygens (including phenoxy) is 1. The average molecular weight is 411 g/mol. The van der Waals surface area contributed by atoms with Crippen molar-refractivity contribution in [3.05, 3.63) is 47.5 Å². The van der Waals surface area contributed by atoms with Gasteiger partial charge < -0.3 is 19.5 Å². The highest BCUT2D eigenvalue weighted by atomic mass is 16.5. The first-order chi connectivity index (χ1) is 14.6. The van der Waals surface area contributed by atoms with Gasteiger partial charge in [-0.3, -0.25) is 4.79 Å². The van der Waals surface area contributed by atoms with Crippen molar-refractivity contribution >= 4 is 5.91 Å². The molecule has 30 heavy (non-hydrogen) atoms. The molecular formula is C24H34N4O2. The number of fused-ring (bicyclic) bond motifs is 1. The quantitative estimate of drug-likeness (QED) is 0.709. The predicted octanol–water partition coefficient (Wildman–Crippen LogP) is 3.62. The van der Waals surface area contributed by atoms with Crippen molar-refractivity contribution in [2.24, 2.45) is 0 Å². The average Bonchev–Trinajstić information content (AvgIpc) is 3.21. The summed E-state index contributed by atoms with van der Waals surface area (Å²) in [7, 11) is 1.69. The van der Waals surface area contributed by atoms with Crippen molar-refractivity contribution in [2.75, 3.05) is 26.7 Å². The topological polar surface area (TPSA) is 59.4 Å². The van der Waals surface area contributed by atoms with E-state index in [9.17, 15) is 4.79 Å². The van der Waals surface area contributed by atoms with Crippen LogP contribution in [0.1, 0.15) is 66.8 Å². The molecule has 0 saturated carbocycles. The predicted molar refractivity (Wildman–Crippen MR) is 118 cm³/mol. The number of aryl methyl sites for hydroxylation is 1. The Hall–Kier alpha value is -2.34. The molecule has 1 aromatic heterocycles. The summed E-state index contributed by atoms with van der Waals surface area (Å²) < 4.78 is 7.42. The maximum Gasteiger partial charge on any atom is 0.271 e. The minimum absolute atomic E-state index is 0.0513. The van der Waals surface area contributed by atoms with Gasteiger partial charge in [0.25, 0.3) is 5.91 Å². The number of piperidine rings is 1. The lowest BCUT2D eigenvalue weighted by Gasteiger charge is -2.33. The number of benzene rings is 1. The van der Waals surface area contributed by atoms with Gasteiger partial charge in [0, 0.05) is 44.2 Å². The maximum absolute atomic E-state index is 12.6. The van der Waals surface area contributed by atoms with Crippen molar-refractivity contribution in [2.45, 2.75) is 64.0 Å². The molecule has 6 heteroatoms. The zero-order valence-corrected chi connectivity index (χ0v) is 18.3. The van der Waals surface area contributed by atoms with Gasteiger partial charge >= 0.3 is 0 Å². The Morgan fingerprint density at radius 2 is 2.07 bits per heavy atom. The third-order valence-corrected chi connectivity index (χ3v) is 6.66. The number of carbonyl (C=O) groups is 1. The number of amides is 1. The molecule has 2 aromatic rings. The molecule has 1 aromatic carbocycles. The summed E-state index contributed by atoms with van der Waals surface area (Å²) in [5.41, 5.74) is 1.86. The van der Waals surface area contributed by atoms with Crippen molar-refractivity contribution < 1.29 is 9.53 Å². The Balaban J connectivity index is 1.28. The summed E-state index contributed by atoms with van der Waals surface area (Å²) in [5.74, 6) is 2.29. The lowest BCUT2D eigenvalue weighted by molar-refractivity contribution is 0.0944. The summed E-state index contributed by atoms with van der Waals surface area (Å²) in [4.78, 5) is 19.7. The largest absolute Gasteiger partial charge is 0.497 e. The Labute approximate surface area is 179 Å². The number of hydrogen-bond acceptors (Lipinski definition) is 4. The van der Waals surface area contributed by atoms with Crippen molar-refractivity contribution in [3.8, 4) is 5.75 Å². The highest BCUT2D eigenvalue weighted by molar-refractivity contribution is 5.92. The Morgan fingerprint density at radius 1 is 1.23 bits per heavy atom. The van der Waals surface area contributed by atoms with Crippen LogP contribution in [0.25, 0.3) is 0 Å². The molecule has 2 atom stereocenters. The number of imidazole rings is 1. The van der Waals surface area contributed by atoms with Crippen LogP contribution in [0.15, 0.2) is 30.5 Å². The number of hydrogen-bond donors (Lipinski definition) is 1. The van der Waals surface area contributed by atoms with Crippen LogP contribution in [0.4, 0.5) is 0 Å². The van der Waals surface area contributed by atoms with Crippen LogP contribution in [0.2, 0.25) is 0 Å². The summed E-state index contributed by atoms with van der Waals surface area (Å²) in [5, 5.41) is 3.06. The molecule has 2 aliphatic rings. The van der Waals surface area contributed by atoms with E-state index in [4.69, 9.17) is 4.74 Å². The van der Waals surface area contributed by atoms with Gasteiger partial charge in [-0.15, -0.1) is 0 Å². The lowest BCUT2D eigenvalue weighted by atomic mass is 9.91. The SMILES string of the molecule is COc1ccc([C@H]2CCc3nc(C(=O)NCCCN4CCCC[C@@H]4C)cn3C2)cc1. The van der Waals surface area contributed by atoms with E-state index in [1.807, 2.05) is 18.3 Å². The molecule has 0 radical (unpaired) electrons. The van der Waals surface area contributed by atoms with Crippen LogP contribution in [-0.2, 0) is 13.0 Å². The van der Waals surface area contributed by atoms with Crippen LogP contribution in [0.3, 0.4) is 0 Å². The van der Waals surface area contributed by atoms with Crippen LogP contribution in [-0.4, -0.2) is 53.1 Å². The van der Waals surface area contributed by atoms with Gasteiger partial charge in [0.15, 0.2) is 0 Å². The first-order valence-corrected chi connectivity index (χ1v) is 11.4. The van der Waals surface area contributed by atoms with E-state index in [1.165, 1.54) is 31.4 Å². The van der Waals surface area contributed by atoms with Crippen LogP contribution in [0.5, 0.6) is 5.75 Å². The molecule has 0 aliphatic carbocycles. The van der Waals surface area contributed by atoms with Gasteiger partial charge in [-0.05, 0) is 56.8 Å². The van der Waals surface area contributed by atoms with Crippen LogP contribution < -0.4 is 10.1 Å². The molecule has 1 N–H and O–H groups in total.